The van der Waals surface area contributed by atoms with E-state index < -0.39 is 0 Å². The Labute approximate surface area is 172 Å². The Hall–Kier alpha value is 1.50. The first-order valence-corrected chi connectivity index (χ1v) is 6.14. The van der Waals surface area contributed by atoms with E-state index in [-0.39, 0.29) is 74.4 Å². The number of halogens is 6. The van der Waals surface area contributed by atoms with Crippen LogP contribution in [0.1, 0.15) is 0 Å². The Morgan fingerprint density at radius 1 is 0.364 bits per heavy atom. The molecule has 146 valence electrons. The molecule has 0 aliphatic rings. The molecule has 0 heterocycles. The van der Waals surface area contributed by atoms with Crippen LogP contribution in [0, 0.1) is 0 Å². The van der Waals surface area contributed by atoms with Crippen LogP contribution in [0.5, 0.6) is 0 Å². The van der Waals surface area contributed by atoms with E-state index in [1.165, 1.54) is 0 Å². The third-order valence-electron chi connectivity index (χ3n) is 2.08. The number of nitrogens with two attached hydrogens (primary N) is 2. The molecule has 0 fully saturated rings. The highest BCUT2D eigenvalue weighted by Gasteiger charge is 1.88. The molecule has 0 rings (SSSR count). The highest BCUT2D eigenvalue weighted by molar-refractivity contribution is 5.86. The molecular weight excluding hydrogens is 417 g/mol. The maximum Gasteiger partial charge on any atom is 0.00772 e. The van der Waals surface area contributed by atoms with Crippen LogP contribution >= 0.6 is 74.4 Å². The minimum Gasteiger partial charge on any atom is -0.329 e. The van der Waals surface area contributed by atoms with Gasteiger partial charge in [0.2, 0.25) is 0 Å². The van der Waals surface area contributed by atoms with Crippen molar-refractivity contribution in [3.8, 4) is 0 Å². The van der Waals surface area contributed by atoms with Crippen molar-refractivity contribution in [3.05, 3.63) is 0 Å². The zero-order valence-electron chi connectivity index (χ0n) is 12.7. The summed E-state index contributed by atoms with van der Waals surface area (Å²) in [6.45, 7) is 9.15. The fraction of sp³-hybridized carbons (Fsp3) is 1.00. The lowest BCUT2D eigenvalue weighted by Gasteiger charge is -2.07. The summed E-state index contributed by atoms with van der Waals surface area (Å²) in [6.07, 6.45) is 0. The van der Waals surface area contributed by atoms with Crippen molar-refractivity contribution < 1.29 is 0 Å². The van der Waals surface area contributed by atoms with Crippen LogP contribution in [-0.4, -0.2) is 65.4 Å². The lowest BCUT2D eigenvalue weighted by Crippen LogP contribution is -2.36. The van der Waals surface area contributed by atoms with Gasteiger partial charge in [-0.15, -0.1) is 74.4 Å². The Kier molecular flexibility index (Phi) is 86.0. The SMILES string of the molecule is Cl.Cl.Cl.Cl.Cl.Cl.NCCNCCNCCNCCNCCN. The Morgan fingerprint density at radius 3 is 0.727 bits per heavy atom. The van der Waals surface area contributed by atoms with Crippen LogP contribution in [0.15, 0.2) is 0 Å². The summed E-state index contributed by atoms with van der Waals surface area (Å²) in [5.41, 5.74) is 10.7. The molecule has 22 heavy (non-hydrogen) atoms. The first kappa shape index (κ1) is 43.7. The van der Waals surface area contributed by atoms with Crippen LogP contribution < -0.4 is 32.7 Å². The molecule has 0 unspecified atom stereocenters. The molecule has 0 spiro atoms. The van der Waals surface area contributed by atoms with Gasteiger partial charge in [0.1, 0.15) is 0 Å². The van der Waals surface area contributed by atoms with Crippen LogP contribution in [0.2, 0.25) is 0 Å². The van der Waals surface area contributed by atoms with Gasteiger partial charge in [0.15, 0.2) is 0 Å². The normalized spacial score (nSPS) is 7.91. The van der Waals surface area contributed by atoms with E-state index in [0.29, 0.717) is 13.1 Å². The largest absolute Gasteiger partial charge is 0.329 e. The van der Waals surface area contributed by atoms with Gasteiger partial charge >= 0.3 is 0 Å². The van der Waals surface area contributed by atoms with Gasteiger partial charge in [-0.25, -0.2) is 0 Å². The third-order valence-corrected chi connectivity index (χ3v) is 2.08. The van der Waals surface area contributed by atoms with Crippen molar-refractivity contribution >= 4 is 74.4 Å². The fourth-order valence-electron chi connectivity index (χ4n) is 1.23. The zero-order valence-corrected chi connectivity index (χ0v) is 17.6. The average Bonchev–Trinajstić information content (AvgIpc) is 2.31. The molecule has 0 amide bonds. The molecular formula is C10H34Cl6N6. The summed E-state index contributed by atoms with van der Waals surface area (Å²) in [4.78, 5) is 0. The fourth-order valence-corrected chi connectivity index (χ4v) is 1.23. The first-order valence-electron chi connectivity index (χ1n) is 6.14. The molecule has 12 heteroatoms. The van der Waals surface area contributed by atoms with Crippen molar-refractivity contribution in [2.24, 2.45) is 11.5 Å². The molecule has 0 saturated carbocycles. The standard InChI is InChI=1S/C10H28N6.6ClH/c11-1-3-13-5-7-15-9-10-16-8-6-14-4-2-12;;;;;;/h13-16H,1-12H2;6*1H. The van der Waals surface area contributed by atoms with Gasteiger partial charge in [0.05, 0.1) is 0 Å². The maximum absolute atomic E-state index is 5.35. The second-order valence-corrected chi connectivity index (χ2v) is 3.58. The van der Waals surface area contributed by atoms with Gasteiger partial charge < -0.3 is 32.7 Å². The molecule has 8 N–H and O–H groups in total. The van der Waals surface area contributed by atoms with Gasteiger partial charge in [-0.1, -0.05) is 0 Å². The summed E-state index contributed by atoms with van der Waals surface area (Å²) in [7, 11) is 0. The lowest BCUT2D eigenvalue weighted by molar-refractivity contribution is 0.569. The van der Waals surface area contributed by atoms with Gasteiger partial charge in [-0.05, 0) is 0 Å². The van der Waals surface area contributed by atoms with Gasteiger partial charge in [-0.3, -0.25) is 0 Å². The van der Waals surface area contributed by atoms with Crippen LogP contribution in [0.4, 0.5) is 0 Å². The molecule has 0 aromatic rings. The van der Waals surface area contributed by atoms with Gasteiger partial charge in [-0.2, -0.15) is 0 Å². The molecule has 0 aliphatic heterocycles. The minimum atomic E-state index is 0. The summed E-state index contributed by atoms with van der Waals surface area (Å²) >= 11 is 0. The summed E-state index contributed by atoms with van der Waals surface area (Å²) in [5.74, 6) is 0. The Balaban J connectivity index is -0.0000000750. The number of nitrogens with one attached hydrogen (secondary N) is 4. The molecule has 0 aliphatic carbocycles. The number of hydrogen-bond acceptors (Lipinski definition) is 6. The molecule has 0 saturated heterocycles. The number of hydrogen-bond donors (Lipinski definition) is 6. The van der Waals surface area contributed by atoms with Crippen molar-refractivity contribution in [2.45, 2.75) is 0 Å². The zero-order chi connectivity index (χ0) is 11.9. The summed E-state index contributed by atoms with van der Waals surface area (Å²) in [6, 6.07) is 0. The predicted molar refractivity (Wildman–Crippen MR) is 113 cm³/mol. The molecule has 0 radical (unpaired) electrons. The second kappa shape index (κ2) is 43.3. The molecule has 0 bridgehead atoms. The van der Waals surface area contributed by atoms with E-state index in [2.05, 4.69) is 21.3 Å². The van der Waals surface area contributed by atoms with Crippen LogP contribution in [-0.2, 0) is 0 Å². The predicted octanol–water partition coefficient (Wildman–Crippen LogP) is -0.207. The van der Waals surface area contributed by atoms with E-state index in [1.54, 1.807) is 0 Å². The quantitative estimate of drug-likeness (QED) is 0.217. The second-order valence-electron chi connectivity index (χ2n) is 3.58. The van der Waals surface area contributed by atoms with Gasteiger partial charge in [0, 0.05) is 65.4 Å². The Morgan fingerprint density at radius 2 is 0.545 bits per heavy atom. The molecule has 6 nitrogen and oxygen atoms in total. The molecule has 0 atom stereocenters. The monoisotopic (exact) mass is 448 g/mol. The third kappa shape index (κ3) is 43.0. The van der Waals surface area contributed by atoms with E-state index in [1.807, 2.05) is 0 Å². The van der Waals surface area contributed by atoms with E-state index in [4.69, 9.17) is 11.5 Å². The van der Waals surface area contributed by atoms with Gasteiger partial charge in [0.25, 0.3) is 0 Å². The van der Waals surface area contributed by atoms with Crippen LogP contribution in [0.3, 0.4) is 0 Å². The number of rotatable bonds is 13. The Bertz CT molecular complexity index is 126. The lowest BCUT2D eigenvalue weighted by atomic mass is 10.5. The summed E-state index contributed by atoms with van der Waals surface area (Å²) < 4.78 is 0. The highest BCUT2D eigenvalue weighted by atomic mass is 35.5. The van der Waals surface area contributed by atoms with Crippen LogP contribution in [0.25, 0.3) is 0 Å². The van der Waals surface area contributed by atoms with E-state index in [0.717, 1.165) is 52.4 Å². The van der Waals surface area contributed by atoms with Crippen molar-refractivity contribution in [1.82, 2.24) is 21.3 Å². The van der Waals surface area contributed by atoms with Crippen molar-refractivity contribution in [3.63, 3.8) is 0 Å². The topological polar surface area (TPSA) is 100 Å². The van der Waals surface area contributed by atoms with E-state index in [9.17, 15) is 0 Å². The van der Waals surface area contributed by atoms with E-state index >= 15 is 0 Å². The van der Waals surface area contributed by atoms with Crippen molar-refractivity contribution in [1.29, 1.82) is 0 Å². The first-order chi connectivity index (χ1) is 7.91. The smallest absolute Gasteiger partial charge is 0.00772 e. The molecule has 0 aromatic carbocycles. The maximum atomic E-state index is 5.35. The average molecular weight is 451 g/mol. The van der Waals surface area contributed by atoms with Crippen molar-refractivity contribution in [2.75, 3.05) is 65.4 Å². The summed E-state index contributed by atoms with van der Waals surface area (Å²) in [5, 5.41) is 13.1. The minimum absolute atomic E-state index is 0. The molecule has 0 aromatic heterocycles. The highest BCUT2D eigenvalue weighted by Crippen LogP contribution is 1.62.